The Hall–Kier alpha value is -3.58. The minimum atomic E-state index is -0.537. The number of aliphatic hydroxyl groups is 1. The summed E-state index contributed by atoms with van der Waals surface area (Å²) in [6.45, 7) is -0.0331. The number of amides is 3. The Morgan fingerprint density at radius 3 is 2.64 bits per heavy atom. The fourth-order valence-corrected chi connectivity index (χ4v) is 2.34. The highest BCUT2D eigenvalue weighted by atomic mass is 19.1. The van der Waals surface area contributed by atoms with E-state index in [1.165, 1.54) is 29.3 Å². The summed E-state index contributed by atoms with van der Waals surface area (Å²) in [4.78, 5) is 28.6. The highest BCUT2D eigenvalue weighted by molar-refractivity contribution is 5.95. The Kier molecular flexibility index (Phi) is 7.36. The van der Waals surface area contributed by atoms with Crippen LogP contribution in [0.4, 0.5) is 19.3 Å². The molecule has 0 bridgehead atoms. The number of halogens is 2. The second kappa shape index (κ2) is 9.94. The monoisotopic (exact) mass is 389 g/mol. The maximum absolute atomic E-state index is 11.9. The van der Waals surface area contributed by atoms with Crippen molar-refractivity contribution in [2.45, 2.75) is 6.54 Å². The van der Waals surface area contributed by atoms with Crippen molar-refractivity contribution in [1.82, 2.24) is 15.2 Å². The summed E-state index contributed by atoms with van der Waals surface area (Å²) >= 11 is 0. The molecule has 2 heterocycles. The van der Waals surface area contributed by atoms with Crippen LogP contribution in [0.1, 0.15) is 11.3 Å². The third kappa shape index (κ3) is 5.72. The second-order valence-corrected chi connectivity index (χ2v) is 5.60. The minimum absolute atomic E-state index is 0.135. The van der Waals surface area contributed by atoms with E-state index in [0.717, 1.165) is 6.07 Å². The van der Waals surface area contributed by atoms with E-state index in [0.29, 0.717) is 11.3 Å². The molecule has 2 aromatic rings. The lowest BCUT2D eigenvalue weighted by Crippen LogP contribution is -2.45. The molecule has 0 unspecified atom stereocenters. The van der Waals surface area contributed by atoms with E-state index in [-0.39, 0.29) is 37.8 Å². The first-order chi connectivity index (χ1) is 13.4. The number of urea groups is 1. The van der Waals surface area contributed by atoms with E-state index in [9.17, 15) is 18.4 Å². The van der Waals surface area contributed by atoms with Gasteiger partial charge in [0, 0.05) is 24.4 Å². The molecule has 3 amide bonds. The van der Waals surface area contributed by atoms with Crippen LogP contribution in [-0.2, 0) is 11.3 Å². The normalized spacial score (nSPS) is 12.1. The molecule has 3 N–H and O–H groups in total. The van der Waals surface area contributed by atoms with Gasteiger partial charge >= 0.3 is 6.03 Å². The molecule has 0 saturated heterocycles. The number of carbonyl (C=O) groups excluding carboxylic acids is 2. The number of hydrogen-bond acceptors (Lipinski definition) is 5. The van der Waals surface area contributed by atoms with E-state index in [4.69, 9.17) is 10.4 Å². The van der Waals surface area contributed by atoms with E-state index in [1.54, 1.807) is 6.07 Å². The van der Waals surface area contributed by atoms with Gasteiger partial charge in [0.25, 0.3) is 0 Å². The fourth-order valence-electron chi connectivity index (χ4n) is 2.34. The lowest BCUT2D eigenvalue weighted by molar-refractivity contribution is -0.121. The molecule has 1 aromatic heterocycles. The maximum Gasteiger partial charge on any atom is 0.322 e. The number of nitriles is 1. The minimum Gasteiger partial charge on any atom is -0.395 e. The number of aromatic nitrogens is 1. The van der Waals surface area contributed by atoms with Crippen molar-refractivity contribution >= 4 is 17.6 Å². The topological polar surface area (TPSA) is 118 Å². The largest absolute Gasteiger partial charge is 0.395 e. The summed E-state index contributed by atoms with van der Waals surface area (Å²) in [5.74, 6) is -1.45. The van der Waals surface area contributed by atoms with Gasteiger partial charge in [-0.05, 0) is 18.2 Å². The first kappa shape index (κ1) is 20.7. The number of benzene rings is 1. The molecule has 0 atom stereocenters. The van der Waals surface area contributed by atoms with Crippen molar-refractivity contribution in [3.63, 3.8) is 0 Å². The Morgan fingerprint density at radius 1 is 1.36 bits per heavy atom. The number of hydrogen-bond donors (Lipinski definition) is 3. The molecule has 0 radical (unpaired) electrons. The van der Waals surface area contributed by atoms with Crippen LogP contribution in [0, 0.1) is 23.0 Å². The number of pyridine rings is 1. The highest BCUT2D eigenvalue weighted by Gasteiger charge is 2.26. The van der Waals surface area contributed by atoms with Gasteiger partial charge in [-0.1, -0.05) is 6.07 Å². The van der Waals surface area contributed by atoms with Crippen molar-refractivity contribution in [1.29, 1.82) is 5.26 Å². The van der Waals surface area contributed by atoms with E-state index in [2.05, 4.69) is 15.6 Å². The average molecular weight is 389 g/mol. The molecular formula is C18H17F2N5O3. The number of nitrogens with zero attached hydrogens (tertiary/aromatic N) is 3. The molecular weight excluding hydrogens is 372 g/mol. The van der Waals surface area contributed by atoms with Crippen molar-refractivity contribution < 1.29 is 23.5 Å². The number of fused-ring (bicyclic) bond motifs is 1. The van der Waals surface area contributed by atoms with Crippen LogP contribution in [0.5, 0.6) is 0 Å². The molecule has 3 rings (SSSR count). The molecule has 1 aliphatic heterocycles. The van der Waals surface area contributed by atoms with Crippen LogP contribution >= 0.6 is 0 Å². The summed E-state index contributed by atoms with van der Waals surface area (Å²) in [5.41, 5.74) is 1.35. The zero-order valence-corrected chi connectivity index (χ0v) is 14.7. The Bertz CT molecular complexity index is 884. The molecule has 10 heteroatoms. The van der Waals surface area contributed by atoms with Gasteiger partial charge < -0.3 is 20.6 Å². The molecule has 146 valence electrons. The quantitative estimate of drug-likeness (QED) is 0.730. The molecule has 0 saturated carbocycles. The summed E-state index contributed by atoms with van der Waals surface area (Å²) < 4.78 is 23.9. The van der Waals surface area contributed by atoms with E-state index < -0.39 is 17.7 Å². The van der Waals surface area contributed by atoms with Gasteiger partial charge in [-0.15, -0.1) is 0 Å². The van der Waals surface area contributed by atoms with Crippen molar-refractivity contribution in [3.8, 4) is 6.07 Å². The number of nitrogens with one attached hydrogen (secondary N) is 2. The molecule has 1 aliphatic rings. The molecule has 0 fully saturated rings. The zero-order chi connectivity index (χ0) is 20.5. The number of anilines is 1. The van der Waals surface area contributed by atoms with Gasteiger partial charge in [0.2, 0.25) is 5.91 Å². The SMILES string of the molecule is Fc1cccc(F)c1.N#Cc1nccc2c1CN(CC(=O)NCCO)C(=O)N2. The predicted octanol–water partition coefficient (Wildman–Crippen LogP) is 1.37. The smallest absolute Gasteiger partial charge is 0.322 e. The standard InChI is InChI=1S/C12H13N5O3.C6H4F2/c13-5-10-8-6-17(7-11(19)15-3-4-18)12(20)16-9(8)1-2-14-10;7-5-2-1-3-6(8)4-5/h1-2,18H,3-4,6-7H2,(H,15,19)(H,16,20);1-4H. The lowest BCUT2D eigenvalue weighted by atomic mass is 10.1. The predicted molar refractivity (Wildman–Crippen MR) is 94.8 cm³/mol. The van der Waals surface area contributed by atoms with Crippen LogP contribution in [0.3, 0.4) is 0 Å². The van der Waals surface area contributed by atoms with Crippen LogP contribution in [0.15, 0.2) is 36.5 Å². The molecule has 0 aliphatic carbocycles. The Balaban J connectivity index is 0.000000292. The Morgan fingerprint density at radius 2 is 2.07 bits per heavy atom. The van der Waals surface area contributed by atoms with Crippen molar-refractivity contribution in [2.24, 2.45) is 0 Å². The molecule has 28 heavy (non-hydrogen) atoms. The van der Waals surface area contributed by atoms with Gasteiger partial charge in [-0.2, -0.15) is 5.26 Å². The van der Waals surface area contributed by atoms with Crippen LogP contribution in [0.25, 0.3) is 0 Å². The van der Waals surface area contributed by atoms with Crippen LogP contribution in [0.2, 0.25) is 0 Å². The third-order valence-corrected chi connectivity index (χ3v) is 3.59. The number of carbonyl (C=O) groups is 2. The highest BCUT2D eigenvalue weighted by Crippen LogP contribution is 2.24. The number of aliphatic hydroxyl groups excluding tert-OH is 1. The molecule has 0 spiro atoms. The summed E-state index contributed by atoms with van der Waals surface area (Å²) in [6.07, 6.45) is 1.45. The van der Waals surface area contributed by atoms with Gasteiger partial charge in [0.1, 0.15) is 29.9 Å². The van der Waals surface area contributed by atoms with Gasteiger partial charge in [-0.25, -0.2) is 18.6 Å². The van der Waals surface area contributed by atoms with E-state index in [1.807, 2.05) is 6.07 Å². The number of rotatable bonds is 4. The third-order valence-electron chi connectivity index (χ3n) is 3.59. The molecule has 1 aromatic carbocycles. The van der Waals surface area contributed by atoms with Gasteiger partial charge in [-0.3, -0.25) is 4.79 Å². The fraction of sp³-hybridized carbons (Fsp3) is 0.222. The summed E-state index contributed by atoms with van der Waals surface area (Å²) in [7, 11) is 0. The summed E-state index contributed by atoms with van der Waals surface area (Å²) in [5, 5.41) is 22.7. The van der Waals surface area contributed by atoms with Crippen LogP contribution in [-0.4, -0.2) is 46.6 Å². The second-order valence-electron chi connectivity index (χ2n) is 5.60. The van der Waals surface area contributed by atoms with Gasteiger partial charge in [0.15, 0.2) is 0 Å². The average Bonchev–Trinajstić information content (AvgIpc) is 2.67. The zero-order valence-electron chi connectivity index (χ0n) is 14.7. The van der Waals surface area contributed by atoms with Gasteiger partial charge in [0.05, 0.1) is 18.8 Å². The summed E-state index contributed by atoms with van der Waals surface area (Å²) in [6, 6.07) is 7.71. The van der Waals surface area contributed by atoms with Crippen molar-refractivity contribution in [3.05, 3.63) is 59.4 Å². The Labute approximate surface area is 159 Å². The first-order valence-electron chi connectivity index (χ1n) is 8.17. The maximum atomic E-state index is 11.9. The van der Waals surface area contributed by atoms with Crippen molar-refractivity contribution in [2.75, 3.05) is 25.0 Å². The molecule has 8 nitrogen and oxygen atoms in total. The van der Waals surface area contributed by atoms with E-state index >= 15 is 0 Å². The van der Waals surface area contributed by atoms with Crippen LogP contribution < -0.4 is 10.6 Å². The lowest BCUT2D eigenvalue weighted by Gasteiger charge is -2.28. The first-order valence-corrected chi connectivity index (χ1v) is 8.17.